The molecule has 0 saturated heterocycles. The Morgan fingerprint density at radius 3 is 3.45 bits per heavy atom. The van der Waals surface area contributed by atoms with Crippen molar-refractivity contribution in [2.24, 2.45) is 9.98 Å². The Morgan fingerprint density at radius 1 is 1.45 bits per heavy atom. The van der Waals surface area contributed by atoms with E-state index in [2.05, 4.69) is 27.7 Å². The van der Waals surface area contributed by atoms with Gasteiger partial charge in [0.15, 0.2) is 0 Å². The molecule has 0 aromatic carbocycles. The van der Waals surface area contributed by atoms with Crippen molar-refractivity contribution in [3.05, 3.63) is 35.4 Å². The van der Waals surface area contributed by atoms with E-state index in [0.717, 1.165) is 17.7 Å². The highest BCUT2D eigenvalue weighted by Gasteiger charge is 2.02. The van der Waals surface area contributed by atoms with Crippen LogP contribution in [-0.2, 0) is 0 Å². The molecule has 0 aromatic heterocycles. The molecule has 52 valence electrons. The van der Waals surface area contributed by atoms with Crippen LogP contribution in [0.15, 0.2) is 45.3 Å². The lowest BCUT2D eigenvalue weighted by atomic mass is 10.1. The zero-order valence-corrected chi connectivity index (χ0v) is 5.91. The molecule has 2 aliphatic heterocycles. The summed E-state index contributed by atoms with van der Waals surface area (Å²) >= 11 is 0. The molecular formula is C9H6N2. The van der Waals surface area contributed by atoms with Crippen LogP contribution in [0.4, 0.5) is 0 Å². The average molecular weight is 142 g/mol. The Bertz CT molecular complexity index is 357. The van der Waals surface area contributed by atoms with Crippen molar-refractivity contribution < 1.29 is 0 Å². The van der Waals surface area contributed by atoms with Gasteiger partial charge in [0.1, 0.15) is 0 Å². The summed E-state index contributed by atoms with van der Waals surface area (Å²) in [5, 5.41) is 0. The topological polar surface area (TPSA) is 24.7 Å². The molecule has 11 heavy (non-hydrogen) atoms. The predicted octanol–water partition coefficient (Wildman–Crippen LogP) is 1.62. The number of hydrogen-bond donors (Lipinski definition) is 0. The SMILES string of the molecule is C1=C=NC2=CN=CCC=C2C=1. The Balaban J connectivity index is 2.55. The fourth-order valence-electron chi connectivity index (χ4n) is 0.972. The summed E-state index contributed by atoms with van der Waals surface area (Å²) in [6, 6.07) is 0. The molecule has 2 heterocycles. The van der Waals surface area contributed by atoms with Crippen LogP contribution in [0, 0.1) is 0 Å². The van der Waals surface area contributed by atoms with Crippen molar-refractivity contribution in [1.82, 2.24) is 0 Å². The summed E-state index contributed by atoms with van der Waals surface area (Å²) in [5.41, 5.74) is 4.76. The van der Waals surface area contributed by atoms with Gasteiger partial charge >= 0.3 is 0 Å². The van der Waals surface area contributed by atoms with E-state index in [1.807, 2.05) is 12.3 Å². The third-order valence-corrected chi connectivity index (χ3v) is 1.51. The Kier molecular flexibility index (Phi) is 1.42. The van der Waals surface area contributed by atoms with E-state index in [1.165, 1.54) is 0 Å². The lowest BCUT2D eigenvalue weighted by Gasteiger charge is -1.98. The molecule has 0 aliphatic carbocycles. The molecule has 2 heteroatoms. The fourth-order valence-corrected chi connectivity index (χ4v) is 0.972. The van der Waals surface area contributed by atoms with Crippen LogP contribution in [0.25, 0.3) is 0 Å². The van der Waals surface area contributed by atoms with Crippen LogP contribution in [0.1, 0.15) is 6.42 Å². The van der Waals surface area contributed by atoms with Crippen LogP contribution in [0.2, 0.25) is 0 Å². The van der Waals surface area contributed by atoms with Crippen molar-refractivity contribution in [1.29, 1.82) is 0 Å². The minimum absolute atomic E-state index is 0.864. The zero-order chi connectivity index (χ0) is 7.52. The number of allylic oxidation sites excluding steroid dienone is 2. The third-order valence-electron chi connectivity index (χ3n) is 1.51. The minimum atomic E-state index is 0.864. The summed E-state index contributed by atoms with van der Waals surface area (Å²) in [6.45, 7) is 0. The standard InChI is InChI=1S/C9H6N2/c1-3-8-4-2-6-11-9(8)7-10-5-1/h3-5,7H,1H2. The molecule has 0 aromatic rings. The van der Waals surface area contributed by atoms with Crippen molar-refractivity contribution in [2.45, 2.75) is 6.42 Å². The van der Waals surface area contributed by atoms with Crippen molar-refractivity contribution >= 4 is 12.1 Å². The zero-order valence-electron chi connectivity index (χ0n) is 5.91. The molecule has 0 bridgehead atoms. The molecule has 0 atom stereocenters. The van der Waals surface area contributed by atoms with Gasteiger partial charge in [0.25, 0.3) is 0 Å². The van der Waals surface area contributed by atoms with Crippen LogP contribution >= 0.6 is 0 Å². The van der Waals surface area contributed by atoms with Crippen molar-refractivity contribution in [2.75, 3.05) is 0 Å². The molecule has 0 N–H and O–H groups in total. The van der Waals surface area contributed by atoms with E-state index in [0.29, 0.717) is 0 Å². The highest BCUT2D eigenvalue weighted by molar-refractivity contribution is 5.67. The number of nitrogens with zero attached hydrogens (tertiary/aromatic N) is 2. The second-order valence-electron chi connectivity index (χ2n) is 2.25. The summed E-state index contributed by atoms with van der Waals surface area (Å²) in [4.78, 5) is 8.03. The maximum Gasteiger partial charge on any atom is 0.0995 e. The molecule has 2 rings (SSSR count). The Hall–Kier alpha value is -1.62. The molecular weight excluding hydrogens is 136 g/mol. The smallest absolute Gasteiger partial charge is 0.0995 e. The first-order valence-corrected chi connectivity index (χ1v) is 3.43. The molecule has 0 spiro atoms. The molecule has 0 fully saturated rings. The number of aliphatic imine (C=N–C) groups is 2. The molecule has 0 saturated carbocycles. The highest BCUT2D eigenvalue weighted by Crippen LogP contribution is 2.16. The quantitative estimate of drug-likeness (QED) is 0.459. The summed E-state index contributed by atoms with van der Waals surface area (Å²) in [5.74, 6) is 2.65. The first kappa shape index (κ1) is 6.11. The third kappa shape index (κ3) is 1.13. The minimum Gasteiger partial charge on any atom is -0.266 e. The molecule has 0 radical (unpaired) electrons. The second kappa shape index (κ2) is 2.55. The Labute approximate surface area is 64.7 Å². The van der Waals surface area contributed by atoms with Gasteiger partial charge in [-0.2, -0.15) is 4.99 Å². The van der Waals surface area contributed by atoms with Crippen LogP contribution < -0.4 is 0 Å². The maximum atomic E-state index is 4.03. The number of rotatable bonds is 0. The normalized spacial score (nSPS) is 18.9. The molecule has 0 amide bonds. The summed E-state index contributed by atoms with van der Waals surface area (Å²) < 4.78 is 0. The number of hydrogen-bond acceptors (Lipinski definition) is 2. The number of fused-ring (bicyclic) bond motifs is 1. The van der Waals surface area contributed by atoms with E-state index in [-0.39, 0.29) is 0 Å². The van der Waals surface area contributed by atoms with E-state index in [1.54, 1.807) is 6.20 Å². The van der Waals surface area contributed by atoms with Crippen molar-refractivity contribution in [3.63, 3.8) is 0 Å². The maximum absolute atomic E-state index is 4.03. The first-order valence-electron chi connectivity index (χ1n) is 3.43. The van der Waals surface area contributed by atoms with Gasteiger partial charge in [-0.1, -0.05) is 6.08 Å². The first-order chi connectivity index (χ1) is 5.47. The largest absolute Gasteiger partial charge is 0.266 e. The predicted molar refractivity (Wildman–Crippen MR) is 44.8 cm³/mol. The van der Waals surface area contributed by atoms with Gasteiger partial charge in [-0.25, -0.2) is 0 Å². The van der Waals surface area contributed by atoms with E-state index < -0.39 is 0 Å². The van der Waals surface area contributed by atoms with Gasteiger partial charge in [-0.3, -0.25) is 4.99 Å². The summed E-state index contributed by atoms with van der Waals surface area (Å²) in [6.07, 6.45) is 8.39. The Morgan fingerprint density at radius 2 is 2.45 bits per heavy atom. The molecule has 2 nitrogen and oxygen atoms in total. The van der Waals surface area contributed by atoms with Crippen LogP contribution in [0.5, 0.6) is 0 Å². The van der Waals surface area contributed by atoms with Gasteiger partial charge in [-0.15, -0.1) is 0 Å². The highest BCUT2D eigenvalue weighted by atomic mass is 14.8. The van der Waals surface area contributed by atoms with E-state index >= 15 is 0 Å². The van der Waals surface area contributed by atoms with Crippen LogP contribution in [0.3, 0.4) is 0 Å². The van der Waals surface area contributed by atoms with Gasteiger partial charge in [0, 0.05) is 24.1 Å². The second-order valence-corrected chi connectivity index (χ2v) is 2.25. The van der Waals surface area contributed by atoms with Crippen LogP contribution in [-0.4, -0.2) is 12.1 Å². The lowest BCUT2D eigenvalue weighted by molar-refractivity contribution is 1.31. The van der Waals surface area contributed by atoms with Gasteiger partial charge in [-0.05, 0) is 11.8 Å². The van der Waals surface area contributed by atoms with E-state index in [4.69, 9.17) is 0 Å². The van der Waals surface area contributed by atoms with Gasteiger partial charge in [0.2, 0.25) is 0 Å². The lowest BCUT2D eigenvalue weighted by Crippen LogP contribution is -1.84. The molecule has 2 aliphatic rings. The average Bonchev–Trinajstić information content (AvgIpc) is 2.28. The van der Waals surface area contributed by atoms with Gasteiger partial charge < -0.3 is 0 Å². The monoisotopic (exact) mass is 142 g/mol. The molecule has 0 unspecified atom stereocenters. The van der Waals surface area contributed by atoms with Gasteiger partial charge in [0.05, 0.1) is 11.9 Å². The summed E-state index contributed by atoms with van der Waals surface area (Å²) in [7, 11) is 0. The van der Waals surface area contributed by atoms with Crippen molar-refractivity contribution in [3.8, 4) is 0 Å². The van der Waals surface area contributed by atoms with E-state index in [9.17, 15) is 0 Å². The fraction of sp³-hybridized carbons (Fsp3) is 0.111.